The van der Waals surface area contributed by atoms with E-state index >= 15 is 0 Å². The largest absolute Gasteiger partial charge is 0.368 e. The van der Waals surface area contributed by atoms with Crippen LogP contribution in [0.5, 0.6) is 0 Å². The molecule has 1 atom stereocenters. The number of hydrogen-bond acceptors (Lipinski definition) is 6. The van der Waals surface area contributed by atoms with E-state index in [-0.39, 0.29) is 10.8 Å². The molecule has 1 unspecified atom stereocenters. The second-order valence-electron chi connectivity index (χ2n) is 3.76. The second kappa shape index (κ2) is 5.19. The van der Waals surface area contributed by atoms with Crippen LogP contribution in [0.2, 0.25) is 0 Å². The molecule has 1 fully saturated rings. The number of nitrogens with one attached hydrogen (secondary N) is 1. The van der Waals surface area contributed by atoms with Crippen LogP contribution in [0.3, 0.4) is 0 Å². The number of aromatic nitrogens is 2. The van der Waals surface area contributed by atoms with Gasteiger partial charge in [0.1, 0.15) is 4.90 Å². The van der Waals surface area contributed by atoms with Crippen LogP contribution in [0.4, 0.5) is 5.95 Å². The Labute approximate surface area is 104 Å². The van der Waals surface area contributed by atoms with Crippen LogP contribution in [0.15, 0.2) is 17.3 Å². The maximum absolute atomic E-state index is 11.9. The second-order valence-corrected chi connectivity index (χ2v) is 6.94. The first kappa shape index (κ1) is 12.6. The molecule has 1 aromatic heterocycles. The van der Waals surface area contributed by atoms with Crippen molar-refractivity contribution < 1.29 is 8.42 Å². The van der Waals surface area contributed by atoms with Crippen LogP contribution in [-0.4, -0.2) is 35.9 Å². The summed E-state index contributed by atoms with van der Waals surface area (Å²) >= 11 is 1.80. The number of hydrogen-bond donors (Lipinski definition) is 2. The highest BCUT2D eigenvalue weighted by atomic mass is 32.2. The van der Waals surface area contributed by atoms with Gasteiger partial charge in [0.15, 0.2) is 0 Å². The summed E-state index contributed by atoms with van der Waals surface area (Å²) in [6.45, 7) is 0.456. The van der Waals surface area contributed by atoms with Crippen molar-refractivity contribution in [2.45, 2.75) is 23.0 Å². The third-order valence-electron chi connectivity index (χ3n) is 2.48. The van der Waals surface area contributed by atoms with E-state index in [1.54, 1.807) is 11.8 Å². The van der Waals surface area contributed by atoms with Gasteiger partial charge < -0.3 is 5.73 Å². The summed E-state index contributed by atoms with van der Waals surface area (Å²) < 4.78 is 26.3. The van der Waals surface area contributed by atoms with Gasteiger partial charge in [-0.05, 0) is 18.6 Å². The summed E-state index contributed by atoms with van der Waals surface area (Å²) in [6, 6.07) is 0. The summed E-state index contributed by atoms with van der Waals surface area (Å²) in [5.41, 5.74) is 5.30. The Bertz CT molecular complexity index is 468. The van der Waals surface area contributed by atoms with Crippen LogP contribution in [-0.2, 0) is 10.0 Å². The van der Waals surface area contributed by atoms with E-state index in [9.17, 15) is 8.42 Å². The fourth-order valence-corrected chi connectivity index (χ4v) is 3.83. The SMILES string of the molecule is Nc1ncc(S(=O)(=O)NCC2CCCS2)cn1. The van der Waals surface area contributed by atoms with Gasteiger partial charge in [-0.2, -0.15) is 11.8 Å². The first-order chi connectivity index (χ1) is 8.08. The Morgan fingerprint density at radius 3 is 2.76 bits per heavy atom. The molecule has 2 heterocycles. The molecule has 17 heavy (non-hydrogen) atoms. The first-order valence-electron chi connectivity index (χ1n) is 5.27. The number of thioether (sulfide) groups is 1. The van der Waals surface area contributed by atoms with Gasteiger partial charge in [-0.15, -0.1) is 0 Å². The molecule has 0 amide bonds. The number of nitrogens with zero attached hydrogens (tertiary/aromatic N) is 2. The topological polar surface area (TPSA) is 98.0 Å². The fourth-order valence-electron chi connectivity index (χ4n) is 1.56. The molecule has 3 N–H and O–H groups in total. The average Bonchev–Trinajstić information content (AvgIpc) is 2.80. The molecular formula is C9H14N4O2S2. The molecular weight excluding hydrogens is 260 g/mol. The van der Waals surface area contributed by atoms with Crippen molar-refractivity contribution in [3.8, 4) is 0 Å². The molecule has 6 nitrogen and oxygen atoms in total. The molecule has 1 aliphatic rings. The van der Waals surface area contributed by atoms with Gasteiger partial charge in [-0.3, -0.25) is 0 Å². The van der Waals surface area contributed by atoms with Gasteiger partial charge in [0.25, 0.3) is 0 Å². The zero-order valence-electron chi connectivity index (χ0n) is 9.17. The third-order valence-corrected chi connectivity index (χ3v) is 5.26. The summed E-state index contributed by atoms with van der Waals surface area (Å²) in [5.74, 6) is 1.17. The lowest BCUT2D eigenvalue weighted by molar-refractivity contribution is 0.578. The lowest BCUT2D eigenvalue weighted by atomic mass is 10.2. The predicted octanol–water partition coefficient (Wildman–Crippen LogP) is 0.233. The van der Waals surface area contributed by atoms with E-state index in [4.69, 9.17) is 5.73 Å². The van der Waals surface area contributed by atoms with E-state index in [2.05, 4.69) is 14.7 Å². The Kier molecular flexibility index (Phi) is 3.85. The first-order valence-corrected chi connectivity index (χ1v) is 7.80. The Morgan fingerprint density at radius 1 is 1.47 bits per heavy atom. The molecule has 1 aliphatic heterocycles. The van der Waals surface area contributed by atoms with Crippen LogP contribution in [0.25, 0.3) is 0 Å². The summed E-state index contributed by atoms with van der Waals surface area (Å²) in [4.78, 5) is 7.39. The van der Waals surface area contributed by atoms with E-state index < -0.39 is 10.0 Å². The molecule has 0 saturated carbocycles. The molecule has 0 bridgehead atoms. The van der Waals surface area contributed by atoms with Crippen LogP contribution in [0.1, 0.15) is 12.8 Å². The Balaban J connectivity index is 2.00. The van der Waals surface area contributed by atoms with Gasteiger partial charge in [0.05, 0.1) is 12.4 Å². The highest BCUT2D eigenvalue weighted by Gasteiger charge is 2.20. The molecule has 0 aromatic carbocycles. The monoisotopic (exact) mass is 274 g/mol. The summed E-state index contributed by atoms with van der Waals surface area (Å²) in [7, 11) is -3.51. The summed E-state index contributed by atoms with van der Waals surface area (Å²) in [6.07, 6.45) is 4.65. The maximum Gasteiger partial charge on any atom is 0.243 e. The van der Waals surface area contributed by atoms with Gasteiger partial charge in [0, 0.05) is 11.8 Å². The van der Waals surface area contributed by atoms with E-state index in [0.717, 1.165) is 18.6 Å². The highest BCUT2D eigenvalue weighted by Crippen LogP contribution is 2.25. The molecule has 94 valence electrons. The van der Waals surface area contributed by atoms with Crippen molar-refractivity contribution in [1.82, 2.24) is 14.7 Å². The van der Waals surface area contributed by atoms with E-state index in [1.165, 1.54) is 12.4 Å². The lowest BCUT2D eigenvalue weighted by Gasteiger charge is -2.10. The van der Waals surface area contributed by atoms with Crippen molar-refractivity contribution in [3.63, 3.8) is 0 Å². The highest BCUT2D eigenvalue weighted by molar-refractivity contribution is 8.00. The Hall–Kier alpha value is -0.860. The third kappa shape index (κ3) is 3.30. The molecule has 1 aromatic rings. The van der Waals surface area contributed by atoms with Crippen molar-refractivity contribution in [2.75, 3.05) is 18.0 Å². The number of nitrogen functional groups attached to an aromatic ring is 1. The molecule has 0 spiro atoms. The van der Waals surface area contributed by atoms with Gasteiger partial charge in [-0.1, -0.05) is 0 Å². The van der Waals surface area contributed by atoms with E-state index in [0.29, 0.717) is 11.8 Å². The molecule has 0 aliphatic carbocycles. The number of anilines is 1. The predicted molar refractivity (Wildman–Crippen MR) is 67.1 cm³/mol. The van der Waals surface area contributed by atoms with Crippen molar-refractivity contribution in [3.05, 3.63) is 12.4 Å². The smallest absolute Gasteiger partial charge is 0.243 e. The minimum atomic E-state index is -3.51. The lowest BCUT2D eigenvalue weighted by Crippen LogP contribution is -2.30. The van der Waals surface area contributed by atoms with Crippen molar-refractivity contribution in [2.24, 2.45) is 0 Å². The molecule has 1 saturated heterocycles. The number of rotatable bonds is 4. The maximum atomic E-state index is 11.9. The zero-order chi connectivity index (χ0) is 12.3. The van der Waals surface area contributed by atoms with Crippen molar-refractivity contribution >= 4 is 27.7 Å². The molecule has 2 rings (SSSR count). The normalized spacial score (nSPS) is 20.6. The minimum Gasteiger partial charge on any atom is -0.368 e. The van der Waals surface area contributed by atoms with E-state index in [1.807, 2.05) is 0 Å². The Morgan fingerprint density at radius 2 is 2.18 bits per heavy atom. The fraction of sp³-hybridized carbons (Fsp3) is 0.556. The minimum absolute atomic E-state index is 0.0506. The summed E-state index contributed by atoms with van der Waals surface area (Å²) in [5, 5.41) is 0.375. The average molecular weight is 274 g/mol. The molecule has 0 radical (unpaired) electrons. The van der Waals surface area contributed by atoms with Crippen LogP contribution in [0, 0.1) is 0 Å². The van der Waals surface area contributed by atoms with Gasteiger partial charge in [-0.25, -0.2) is 23.1 Å². The van der Waals surface area contributed by atoms with Gasteiger partial charge >= 0.3 is 0 Å². The van der Waals surface area contributed by atoms with Crippen LogP contribution >= 0.6 is 11.8 Å². The standard InChI is InChI=1S/C9H14N4O2S2/c10-9-11-5-8(6-12-9)17(14,15)13-4-7-2-1-3-16-7/h5-7,13H,1-4H2,(H2,10,11,12). The number of nitrogens with two attached hydrogens (primary N) is 1. The number of sulfonamides is 1. The van der Waals surface area contributed by atoms with Gasteiger partial charge in [0.2, 0.25) is 16.0 Å². The molecule has 8 heteroatoms. The zero-order valence-corrected chi connectivity index (χ0v) is 10.8. The van der Waals surface area contributed by atoms with Crippen molar-refractivity contribution in [1.29, 1.82) is 0 Å². The quantitative estimate of drug-likeness (QED) is 0.815. The van der Waals surface area contributed by atoms with Crippen LogP contribution < -0.4 is 10.5 Å².